The number of aromatic nitrogens is 1. The fourth-order valence-electron chi connectivity index (χ4n) is 2.45. The van der Waals surface area contributed by atoms with Gasteiger partial charge in [-0.05, 0) is 19.9 Å². The minimum Gasteiger partial charge on any atom is -0.463 e. The molecular weight excluding hydrogens is 379 g/mol. The Morgan fingerprint density at radius 1 is 1.38 bits per heavy atom. The van der Waals surface area contributed by atoms with Crippen molar-refractivity contribution in [1.29, 1.82) is 0 Å². The van der Waals surface area contributed by atoms with Gasteiger partial charge in [0.1, 0.15) is 5.02 Å². The zero-order valence-electron chi connectivity index (χ0n) is 13.7. The number of halogens is 4. The van der Waals surface area contributed by atoms with Crippen LogP contribution in [0.2, 0.25) is 5.02 Å². The molecule has 1 aliphatic heterocycles. The maximum atomic E-state index is 12.9. The van der Waals surface area contributed by atoms with Crippen LogP contribution < -0.4 is 16.2 Å². The Balaban J connectivity index is 2.54. The molecule has 0 aromatic carbocycles. The van der Waals surface area contributed by atoms with Gasteiger partial charge in [0, 0.05) is 6.20 Å². The van der Waals surface area contributed by atoms with Crippen LogP contribution in [0.1, 0.15) is 19.4 Å². The summed E-state index contributed by atoms with van der Waals surface area (Å²) in [7, 11) is 0. The number of hydrogen-bond acceptors (Lipinski definition) is 4. The Morgan fingerprint density at radius 3 is 2.62 bits per heavy atom. The van der Waals surface area contributed by atoms with Gasteiger partial charge in [0.25, 0.3) is 5.56 Å². The van der Waals surface area contributed by atoms with Crippen LogP contribution >= 0.6 is 11.6 Å². The standard InChI is InChI=1S/C15H15ClF3N3O4/c1-3-26-13(24)11-7(2)20-14(25)21-10(11)6-22-5-8(15(17,18)19)4-9(16)12(22)23/h4-5,7H,3,6H2,1-2H3,(H2,20,21,25). The van der Waals surface area contributed by atoms with Crippen LogP contribution in [0.5, 0.6) is 0 Å². The molecule has 1 aliphatic rings. The second-order valence-corrected chi connectivity index (χ2v) is 5.85. The van der Waals surface area contributed by atoms with E-state index in [9.17, 15) is 27.6 Å². The lowest BCUT2D eigenvalue weighted by Gasteiger charge is -2.27. The predicted octanol–water partition coefficient (Wildman–Crippen LogP) is 2.04. The van der Waals surface area contributed by atoms with Crippen LogP contribution in [0.3, 0.4) is 0 Å². The van der Waals surface area contributed by atoms with Crippen molar-refractivity contribution in [3.05, 3.63) is 44.5 Å². The van der Waals surface area contributed by atoms with Crippen LogP contribution in [0, 0.1) is 0 Å². The highest BCUT2D eigenvalue weighted by molar-refractivity contribution is 6.30. The maximum Gasteiger partial charge on any atom is 0.417 e. The first kappa shape index (κ1) is 19.8. The molecule has 0 spiro atoms. The molecule has 11 heteroatoms. The highest BCUT2D eigenvalue weighted by Crippen LogP contribution is 2.30. The van der Waals surface area contributed by atoms with Crippen LogP contribution in [0.25, 0.3) is 0 Å². The Labute approximate surface area is 150 Å². The van der Waals surface area contributed by atoms with Gasteiger partial charge in [-0.1, -0.05) is 11.6 Å². The van der Waals surface area contributed by atoms with E-state index in [0.29, 0.717) is 16.8 Å². The number of pyridine rings is 1. The first-order chi connectivity index (χ1) is 12.0. The summed E-state index contributed by atoms with van der Waals surface area (Å²) in [6.07, 6.45) is -4.15. The smallest absolute Gasteiger partial charge is 0.417 e. The highest BCUT2D eigenvalue weighted by Gasteiger charge is 2.33. The van der Waals surface area contributed by atoms with Gasteiger partial charge in [-0.15, -0.1) is 0 Å². The van der Waals surface area contributed by atoms with E-state index in [-0.39, 0.29) is 17.9 Å². The lowest BCUT2D eigenvalue weighted by molar-refractivity contribution is -0.139. The summed E-state index contributed by atoms with van der Waals surface area (Å²) in [6.45, 7) is 2.65. The fraction of sp³-hybridized carbons (Fsp3) is 0.400. The number of allylic oxidation sites excluding steroid dienone is 1. The molecule has 1 atom stereocenters. The number of alkyl halides is 3. The van der Waals surface area contributed by atoms with Crippen molar-refractivity contribution in [1.82, 2.24) is 15.2 Å². The number of hydrogen-bond donors (Lipinski definition) is 2. The molecule has 1 unspecified atom stereocenters. The lowest BCUT2D eigenvalue weighted by atomic mass is 10.0. The summed E-state index contributed by atoms with van der Waals surface area (Å²) in [4.78, 5) is 35.9. The molecular formula is C15H15ClF3N3O4. The van der Waals surface area contributed by atoms with Crippen LogP contribution in [-0.4, -0.2) is 29.2 Å². The third kappa shape index (κ3) is 4.18. The number of ether oxygens (including phenoxy) is 1. The van der Waals surface area contributed by atoms with Crippen molar-refractivity contribution in [2.45, 2.75) is 32.6 Å². The van der Waals surface area contributed by atoms with Gasteiger partial charge in [0.05, 0.1) is 36.0 Å². The number of carbonyl (C=O) groups excluding carboxylic acids is 2. The maximum absolute atomic E-state index is 12.9. The van der Waals surface area contributed by atoms with E-state index < -0.39 is 46.9 Å². The van der Waals surface area contributed by atoms with Gasteiger partial charge >= 0.3 is 18.2 Å². The quantitative estimate of drug-likeness (QED) is 0.766. The summed E-state index contributed by atoms with van der Waals surface area (Å²) in [5, 5.41) is 4.15. The third-order valence-corrected chi connectivity index (χ3v) is 3.83. The van der Waals surface area contributed by atoms with Gasteiger partial charge in [0.2, 0.25) is 0 Å². The zero-order valence-corrected chi connectivity index (χ0v) is 14.5. The number of carbonyl (C=O) groups is 2. The molecule has 0 aliphatic carbocycles. The lowest BCUT2D eigenvalue weighted by Crippen LogP contribution is -2.50. The molecule has 2 amide bonds. The first-order valence-electron chi connectivity index (χ1n) is 7.49. The minimum absolute atomic E-state index is 0.00637. The van der Waals surface area contributed by atoms with Crippen molar-refractivity contribution >= 4 is 23.6 Å². The summed E-state index contributed by atoms with van der Waals surface area (Å²) in [5.41, 5.74) is -2.06. The van der Waals surface area contributed by atoms with Crippen LogP contribution in [0.4, 0.5) is 18.0 Å². The third-order valence-electron chi connectivity index (χ3n) is 3.56. The molecule has 142 valence electrons. The van der Waals surface area contributed by atoms with Crippen LogP contribution in [-0.2, 0) is 22.3 Å². The normalized spacial score (nSPS) is 17.6. The van der Waals surface area contributed by atoms with Crippen molar-refractivity contribution in [2.24, 2.45) is 0 Å². The number of urea groups is 1. The number of amides is 2. The van der Waals surface area contributed by atoms with E-state index >= 15 is 0 Å². The summed E-state index contributed by atoms with van der Waals surface area (Å²) >= 11 is 5.61. The largest absolute Gasteiger partial charge is 0.463 e. The van der Waals surface area contributed by atoms with Crippen LogP contribution in [0.15, 0.2) is 28.3 Å². The van der Waals surface area contributed by atoms with Crippen molar-refractivity contribution in [2.75, 3.05) is 6.61 Å². The molecule has 0 fully saturated rings. The first-order valence-corrected chi connectivity index (χ1v) is 7.87. The zero-order chi connectivity index (χ0) is 19.6. The second kappa shape index (κ2) is 7.40. The molecule has 1 aromatic heterocycles. The van der Waals surface area contributed by atoms with E-state index in [1.807, 2.05) is 0 Å². The molecule has 0 bridgehead atoms. The molecule has 2 rings (SSSR count). The minimum atomic E-state index is -4.72. The summed E-state index contributed by atoms with van der Waals surface area (Å²) in [5.74, 6) is -0.756. The monoisotopic (exact) mass is 393 g/mol. The second-order valence-electron chi connectivity index (χ2n) is 5.44. The molecule has 26 heavy (non-hydrogen) atoms. The van der Waals surface area contributed by atoms with E-state index in [1.54, 1.807) is 6.92 Å². The van der Waals surface area contributed by atoms with E-state index in [2.05, 4.69) is 10.6 Å². The van der Waals surface area contributed by atoms with Gasteiger partial charge in [0.15, 0.2) is 0 Å². The molecule has 2 N–H and O–H groups in total. The average molecular weight is 394 g/mol. The number of rotatable bonds is 4. The average Bonchev–Trinajstić information content (AvgIpc) is 2.50. The van der Waals surface area contributed by atoms with Gasteiger partial charge in [-0.2, -0.15) is 13.2 Å². The Bertz CT molecular complexity index is 832. The molecule has 0 radical (unpaired) electrons. The van der Waals surface area contributed by atoms with Gasteiger partial charge in [-0.25, -0.2) is 9.59 Å². The van der Waals surface area contributed by atoms with Crippen molar-refractivity contribution in [3.8, 4) is 0 Å². The number of nitrogens with one attached hydrogen (secondary N) is 2. The highest BCUT2D eigenvalue weighted by atomic mass is 35.5. The van der Waals surface area contributed by atoms with Crippen molar-refractivity contribution in [3.63, 3.8) is 0 Å². The molecule has 0 saturated heterocycles. The number of esters is 1. The predicted molar refractivity (Wildman–Crippen MR) is 85.5 cm³/mol. The molecule has 0 saturated carbocycles. The SMILES string of the molecule is CCOC(=O)C1=C(Cn2cc(C(F)(F)F)cc(Cl)c2=O)NC(=O)NC1C. The Hall–Kier alpha value is -2.49. The Morgan fingerprint density at radius 2 is 2.04 bits per heavy atom. The Kier molecular flexibility index (Phi) is 5.65. The van der Waals surface area contributed by atoms with Gasteiger partial charge < -0.3 is 19.9 Å². The number of nitrogens with zero attached hydrogens (tertiary/aromatic N) is 1. The fourth-order valence-corrected chi connectivity index (χ4v) is 2.67. The summed E-state index contributed by atoms with van der Waals surface area (Å²) in [6, 6.07) is -0.897. The van der Waals surface area contributed by atoms with Gasteiger partial charge in [-0.3, -0.25) is 4.79 Å². The van der Waals surface area contributed by atoms with E-state index in [4.69, 9.17) is 16.3 Å². The van der Waals surface area contributed by atoms with E-state index in [0.717, 1.165) is 0 Å². The van der Waals surface area contributed by atoms with E-state index in [1.165, 1.54) is 6.92 Å². The molecule has 2 heterocycles. The molecule has 7 nitrogen and oxygen atoms in total. The van der Waals surface area contributed by atoms with Crippen molar-refractivity contribution < 1.29 is 27.5 Å². The molecule has 1 aromatic rings. The summed E-state index contributed by atoms with van der Waals surface area (Å²) < 4.78 is 44.4. The topological polar surface area (TPSA) is 89.4 Å².